The van der Waals surface area contributed by atoms with E-state index < -0.39 is 16.3 Å². The average molecular weight is 317 g/mol. The number of anilines is 1. The fourth-order valence-electron chi connectivity index (χ4n) is 2.11. The molecule has 1 aliphatic heterocycles. The molecule has 0 saturated carbocycles. The molecule has 0 spiro atoms. The first kappa shape index (κ1) is 15.6. The van der Waals surface area contributed by atoms with Crippen molar-refractivity contribution < 1.29 is 17.9 Å². The fourth-order valence-corrected chi connectivity index (χ4v) is 2.86. The summed E-state index contributed by atoms with van der Waals surface area (Å²) in [4.78, 5) is 11.1. The Balaban J connectivity index is 1.96. The average Bonchev–Trinajstić information content (AvgIpc) is 2.87. The van der Waals surface area contributed by atoms with Gasteiger partial charge < -0.3 is 10.1 Å². The number of hydrogen-bond acceptors (Lipinski definition) is 6. The Morgan fingerprint density at radius 2 is 2.24 bits per heavy atom. The smallest absolute Gasteiger partial charge is 0.422 e. The van der Waals surface area contributed by atoms with Gasteiger partial charge in [-0.05, 0) is 32.9 Å². The van der Waals surface area contributed by atoms with Crippen LogP contribution in [0.4, 0.5) is 10.5 Å². The largest absolute Gasteiger partial charge is 0.449 e. The first-order chi connectivity index (χ1) is 10.00. The van der Waals surface area contributed by atoms with Crippen LogP contribution in [0, 0.1) is 0 Å². The molecule has 2 rings (SSSR count). The van der Waals surface area contributed by atoms with Crippen molar-refractivity contribution in [1.29, 1.82) is 0 Å². The molecule has 0 atom stereocenters. The van der Waals surface area contributed by atoms with Gasteiger partial charge in [-0.1, -0.05) is 0 Å². The van der Waals surface area contributed by atoms with Gasteiger partial charge in [0.1, 0.15) is 0 Å². The highest BCUT2D eigenvalue weighted by Gasteiger charge is 2.19. The number of carbonyl (C=O) groups is 1. The molecule has 2 heterocycles. The van der Waals surface area contributed by atoms with Crippen LogP contribution >= 0.6 is 0 Å². The minimum absolute atomic E-state index is 0.0923. The van der Waals surface area contributed by atoms with Crippen LogP contribution in [0.5, 0.6) is 0 Å². The maximum Gasteiger partial charge on any atom is 0.422 e. The molecule has 0 bridgehead atoms. The molecule has 9 nitrogen and oxygen atoms in total. The van der Waals surface area contributed by atoms with Crippen molar-refractivity contribution >= 4 is 22.0 Å². The Morgan fingerprint density at radius 1 is 1.52 bits per heavy atom. The second kappa shape index (κ2) is 6.76. The predicted molar refractivity (Wildman–Crippen MR) is 76.1 cm³/mol. The second-order valence-electron chi connectivity index (χ2n) is 4.62. The van der Waals surface area contributed by atoms with Crippen LogP contribution < -0.4 is 14.8 Å². The van der Waals surface area contributed by atoms with E-state index in [2.05, 4.69) is 19.9 Å². The van der Waals surface area contributed by atoms with E-state index in [1.807, 2.05) is 0 Å². The molecular weight excluding hydrogens is 298 g/mol. The zero-order valence-corrected chi connectivity index (χ0v) is 12.5. The summed E-state index contributed by atoms with van der Waals surface area (Å²) in [6, 6.07) is 0.252. The third kappa shape index (κ3) is 4.60. The lowest BCUT2D eigenvalue weighted by Crippen LogP contribution is -2.35. The Hall–Kier alpha value is -1.81. The Morgan fingerprint density at radius 3 is 2.90 bits per heavy atom. The Bertz CT molecular complexity index is 579. The third-order valence-corrected chi connectivity index (χ3v) is 3.97. The highest BCUT2D eigenvalue weighted by Crippen LogP contribution is 2.19. The maximum absolute atomic E-state index is 11.7. The third-order valence-electron chi connectivity index (χ3n) is 3.03. The molecule has 0 aromatic carbocycles. The van der Waals surface area contributed by atoms with E-state index in [9.17, 15) is 13.2 Å². The summed E-state index contributed by atoms with van der Waals surface area (Å²) in [5.41, 5.74) is 0.297. The minimum Gasteiger partial charge on any atom is -0.449 e. The SMILES string of the molecule is CCOC(=O)NS(=O)(=O)Nc1cnn(C2CCNCC2)c1. The topological polar surface area (TPSA) is 114 Å². The Labute approximate surface area is 123 Å². The van der Waals surface area contributed by atoms with Crippen molar-refractivity contribution in [1.82, 2.24) is 19.8 Å². The lowest BCUT2D eigenvalue weighted by atomic mass is 10.1. The molecular formula is C11H19N5O4S. The van der Waals surface area contributed by atoms with Crippen LogP contribution in [-0.2, 0) is 14.9 Å². The standard InChI is InChI=1S/C11H19N5O4S/c1-2-20-11(17)15-21(18,19)14-9-7-13-16(8-9)10-3-5-12-6-4-10/h7-8,10,12,14H,2-6H2,1H3,(H,15,17). The monoisotopic (exact) mass is 317 g/mol. The summed E-state index contributed by atoms with van der Waals surface area (Å²) in [6.45, 7) is 3.50. The van der Waals surface area contributed by atoms with Crippen LogP contribution in [0.2, 0.25) is 0 Å². The molecule has 1 aromatic rings. The van der Waals surface area contributed by atoms with Gasteiger partial charge in [0, 0.05) is 6.20 Å². The van der Waals surface area contributed by atoms with Gasteiger partial charge in [-0.3, -0.25) is 9.40 Å². The number of nitrogens with zero attached hydrogens (tertiary/aromatic N) is 2. The second-order valence-corrected chi connectivity index (χ2v) is 6.03. The molecule has 1 amide bonds. The molecule has 118 valence electrons. The van der Waals surface area contributed by atoms with E-state index in [0.29, 0.717) is 5.69 Å². The zero-order chi connectivity index (χ0) is 15.3. The number of nitrogens with one attached hydrogen (secondary N) is 3. The molecule has 3 N–H and O–H groups in total. The summed E-state index contributed by atoms with van der Waals surface area (Å²) < 4.78 is 33.6. The van der Waals surface area contributed by atoms with Gasteiger partial charge in [0.05, 0.1) is 24.5 Å². The van der Waals surface area contributed by atoms with Gasteiger partial charge in [0.25, 0.3) is 0 Å². The molecule has 21 heavy (non-hydrogen) atoms. The van der Waals surface area contributed by atoms with E-state index in [0.717, 1.165) is 25.9 Å². The number of aromatic nitrogens is 2. The number of hydrogen-bond donors (Lipinski definition) is 3. The normalized spacial score (nSPS) is 16.4. The molecule has 0 radical (unpaired) electrons. The maximum atomic E-state index is 11.7. The highest BCUT2D eigenvalue weighted by molar-refractivity contribution is 7.91. The summed E-state index contributed by atoms with van der Waals surface area (Å²) in [6.07, 6.45) is 3.88. The summed E-state index contributed by atoms with van der Waals surface area (Å²) in [5.74, 6) is 0. The van der Waals surface area contributed by atoms with E-state index in [1.54, 1.807) is 22.5 Å². The number of piperidine rings is 1. The van der Waals surface area contributed by atoms with Crippen molar-refractivity contribution in [3.05, 3.63) is 12.4 Å². The quantitative estimate of drug-likeness (QED) is 0.715. The number of amides is 1. The molecule has 0 aliphatic carbocycles. The van der Waals surface area contributed by atoms with Gasteiger partial charge in [0.2, 0.25) is 0 Å². The highest BCUT2D eigenvalue weighted by atomic mass is 32.2. The number of ether oxygens (including phenoxy) is 1. The summed E-state index contributed by atoms with van der Waals surface area (Å²) in [7, 11) is -4.01. The first-order valence-corrected chi connectivity index (χ1v) is 8.20. The van der Waals surface area contributed by atoms with Crippen LogP contribution in [0.1, 0.15) is 25.8 Å². The summed E-state index contributed by atoms with van der Waals surface area (Å²) >= 11 is 0. The van der Waals surface area contributed by atoms with Crippen molar-refractivity contribution in [3.63, 3.8) is 0 Å². The molecule has 1 fully saturated rings. The molecule has 0 unspecified atom stereocenters. The van der Waals surface area contributed by atoms with Crippen LogP contribution in [0.15, 0.2) is 12.4 Å². The van der Waals surface area contributed by atoms with Crippen LogP contribution in [0.25, 0.3) is 0 Å². The van der Waals surface area contributed by atoms with E-state index in [-0.39, 0.29) is 12.6 Å². The first-order valence-electron chi connectivity index (χ1n) is 6.72. The van der Waals surface area contributed by atoms with Crippen molar-refractivity contribution in [3.8, 4) is 0 Å². The van der Waals surface area contributed by atoms with Crippen LogP contribution in [0.3, 0.4) is 0 Å². The zero-order valence-electron chi connectivity index (χ0n) is 11.7. The Kier molecular flexibility index (Phi) is 5.02. The van der Waals surface area contributed by atoms with Crippen molar-refractivity contribution in [2.24, 2.45) is 0 Å². The number of carbonyl (C=O) groups excluding carboxylic acids is 1. The van der Waals surface area contributed by atoms with Gasteiger partial charge in [-0.2, -0.15) is 13.5 Å². The summed E-state index contributed by atoms with van der Waals surface area (Å²) in [5, 5.41) is 7.41. The molecule has 1 aliphatic rings. The minimum atomic E-state index is -4.01. The van der Waals surface area contributed by atoms with E-state index >= 15 is 0 Å². The molecule has 10 heteroatoms. The van der Waals surface area contributed by atoms with Gasteiger partial charge in [0.15, 0.2) is 0 Å². The van der Waals surface area contributed by atoms with Gasteiger partial charge >= 0.3 is 16.3 Å². The van der Waals surface area contributed by atoms with E-state index in [1.165, 1.54) is 6.20 Å². The van der Waals surface area contributed by atoms with E-state index in [4.69, 9.17) is 0 Å². The molecule has 1 saturated heterocycles. The fraction of sp³-hybridized carbons (Fsp3) is 0.636. The lowest BCUT2D eigenvalue weighted by Gasteiger charge is -2.22. The van der Waals surface area contributed by atoms with Crippen LogP contribution in [-0.4, -0.2) is 44.0 Å². The van der Waals surface area contributed by atoms with Crippen molar-refractivity contribution in [2.45, 2.75) is 25.8 Å². The lowest BCUT2D eigenvalue weighted by molar-refractivity contribution is 0.159. The predicted octanol–water partition coefficient (Wildman–Crippen LogP) is 0.210. The number of rotatable bonds is 5. The van der Waals surface area contributed by atoms with Gasteiger partial charge in [-0.25, -0.2) is 9.52 Å². The van der Waals surface area contributed by atoms with Crippen molar-refractivity contribution in [2.75, 3.05) is 24.4 Å². The van der Waals surface area contributed by atoms with Gasteiger partial charge in [-0.15, -0.1) is 0 Å². The molecule has 1 aromatic heterocycles.